The maximum Gasteiger partial charge on any atom is 0.269 e. The van der Waals surface area contributed by atoms with Gasteiger partial charge in [0.2, 0.25) is 5.13 Å². The second-order valence-corrected chi connectivity index (χ2v) is 7.73. The highest BCUT2D eigenvalue weighted by Gasteiger charge is 2.21. The molecule has 0 aliphatic rings. The zero-order valence-electron chi connectivity index (χ0n) is 13.0. The molecule has 21 heavy (non-hydrogen) atoms. The van der Waals surface area contributed by atoms with Gasteiger partial charge in [0.05, 0.1) is 10.7 Å². The number of amides is 1. The van der Waals surface area contributed by atoms with Crippen molar-refractivity contribution in [1.29, 1.82) is 0 Å². The molecule has 2 aromatic heterocycles. The van der Waals surface area contributed by atoms with Crippen molar-refractivity contribution in [2.75, 3.05) is 5.32 Å². The van der Waals surface area contributed by atoms with Crippen LogP contribution in [0.2, 0.25) is 0 Å². The molecule has 114 valence electrons. The smallest absolute Gasteiger partial charge is 0.269 e. The van der Waals surface area contributed by atoms with Crippen LogP contribution in [0.4, 0.5) is 5.13 Å². The number of anilines is 1. The summed E-state index contributed by atoms with van der Waals surface area (Å²) in [6, 6.07) is 0. The van der Waals surface area contributed by atoms with Crippen molar-refractivity contribution in [3.8, 4) is 0 Å². The van der Waals surface area contributed by atoms with Crippen LogP contribution >= 0.6 is 22.9 Å². The fourth-order valence-electron chi connectivity index (χ4n) is 1.72. The number of rotatable bonds is 4. The highest BCUT2D eigenvalue weighted by molar-refractivity contribution is 7.14. The van der Waals surface area contributed by atoms with Crippen LogP contribution < -0.4 is 5.32 Å². The molecular formula is C14H20N4OS2. The predicted octanol–water partition coefficient (Wildman–Crippen LogP) is 3.81. The topological polar surface area (TPSA) is 67.8 Å². The first-order valence-corrected chi connectivity index (χ1v) is 8.52. The lowest BCUT2D eigenvalue weighted by molar-refractivity contribution is 0.102. The fraction of sp³-hybridized carbons (Fsp3) is 0.571. The minimum Gasteiger partial charge on any atom is -0.296 e. The van der Waals surface area contributed by atoms with Crippen molar-refractivity contribution in [1.82, 2.24) is 14.3 Å². The number of thiazole rings is 1. The lowest BCUT2D eigenvalue weighted by Crippen LogP contribution is -2.14. The quantitative estimate of drug-likeness (QED) is 0.928. The Bertz CT molecular complexity index is 640. The molecule has 0 aliphatic carbocycles. The van der Waals surface area contributed by atoms with Gasteiger partial charge in [-0.25, -0.2) is 9.97 Å². The summed E-state index contributed by atoms with van der Waals surface area (Å²) in [6.07, 6.45) is 1.94. The van der Waals surface area contributed by atoms with Gasteiger partial charge in [0.15, 0.2) is 0 Å². The predicted molar refractivity (Wildman–Crippen MR) is 87.4 cm³/mol. The summed E-state index contributed by atoms with van der Waals surface area (Å²) in [4.78, 5) is 21.8. The Morgan fingerprint density at radius 2 is 2.00 bits per heavy atom. The molecule has 1 N–H and O–H groups in total. The minimum absolute atomic E-state index is 0.117. The van der Waals surface area contributed by atoms with E-state index in [-0.39, 0.29) is 11.3 Å². The molecule has 0 aliphatic heterocycles. The van der Waals surface area contributed by atoms with E-state index in [0.717, 1.165) is 29.4 Å². The van der Waals surface area contributed by atoms with Crippen LogP contribution in [0.1, 0.15) is 60.3 Å². The number of hydrogen-bond donors (Lipinski definition) is 1. The number of carbonyl (C=O) groups is 1. The molecule has 0 saturated carbocycles. The van der Waals surface area contributed by atoms with Gasteiger partial charge in [0.25, 0.3) is 5.91 Å². The van der Waals surface area contributed by atoms with Gasteiger partial charge >= 0.3 is 0 Å². The molecule has 0 atom stereocenters. The molecule has 0 radical (unpaired) electrons. The molecule has 0 saturated heterocycles. The summed E-state index contributed by atoms with van der Waals surface area (Å²) < 4.78 is 4.29. The first-order valence-electron chi connectivity index (χ1n) is 6.93. The highest BCUT2D eigenvalue weighted by atomic mass is 32.1. The first kappa shape index (κ1) is 16.0. The number of nitrogens with one attached hydrogen (secondary N) is 1. The summed E-state index contributed by atoms with van der Waals surface area (Å²) in [5.41, 5.74) is 0.662. The third-order valence-corrected chi connectivity index (χ3v) is 4.67. The Morgan fingerprint density at radius 1 is 1.29 bits per heavy atom. The van der Waals surface area contributed by atoms with Crippen LogP contribution in [0, 0.1) is 6.92 Å². The van der Waals surface area contributed by atoms with E-state index in [9.17, 15) is 4.79 Å². The summed E-state index contributed by atoms with van der Waals surface area (Å²) in [5.74, 6) is 0.597. The van der Waals surface area contributed by atoms with Crippen LogP contribution in [-0.4, -0.2) is 20.2 Å². The van der Waals surface area contributed by atoms with E-state index in [1.807, 2.05) is 27.7 Å². The highest BCUT2D eigenvalue weighted by Crippen LogP contribution is 2.25. The third-order valence-electron chi connectivity index (χ3n) is 2.83. The van der Waals surface area contributed by atoms with Crippen molar-refractivity contribution in [3.05, 3.63) is 21.4 Å². The van der Waals surface area contributed by atoms with Gasteiger partial charge in [0, 0.05) is 16.9 Å². The van der Waals surface area contributed by atoms with Crippen LogP contribution in [0.15, 0.2) is 0 Å². The zero-order chi connectivity index (χ0) is 15.6. The van der Waals surface area contributed by atoms with E-state index in [0.29, 0.717) is 10.0 Å². The van der Waals surface area contributed by atoms with Gasteiger partial charge < -0.3 is 0 Å². The minimum atomic E-state index is -0.149. The van der Waals surface area contributed by atoms with Crippen LogP contribution in [0.3, 0.4) is 0 Å². The number of nitrogens with zero attached hydrogens (tertiary/aromatic N) is 3. The molecule has 5 nitrogen and oxygen atoms in total. The Kier molecular flexibility index (Phi) is 4.73. The van der Waals surface area contributed by atoms with Crippen molar-refractivity contribution >= 4 is 33.9 Å². The molecular weight excluding hydrogens is 304 g/mol. The summed E-state index contributed by atoms with van der Waals surface area (Å²) in [7, 11) is 0. The Balaban J connectivity index is 2.13. The van der Waals surface area contributed by atoms with Gasteiger partial charge in [-0.3, -0.25) is 10.1 Å². The third kappa shape index (κ3) is 3.85. The van der Waals surface area contributed by atoms with E-state index in [1.54, 1.807) is 0 Å². The van der Waals surface area contributed by atoms with E-state index in [2.05, 4.69) is 26.6 Å². The lowest BCUT2D eigenvalue weighted by Gasteiger charge is -2.12. The second kappa shape index (κ2) is 6.19. The standard InChI is InChI=1S/C14H20N4OS2/c1-6-7-9-15-8(2)10(20-9)11(19)16-13-17-12(18-21-13)14(3,4)5/h6-7H2,1-5H3,(H,16,17,18,19). The molecule has 1 amide bonds. The normalized spacial score (nSPS) is 11.7. The maximum atomic E-state index is 12.3. The monoisotopic (exact) mass is 324 g/mol. The summed E-state index contributed by atoms with van der Waals surface area (Å²) in [6.45, 7) is 10.1. The maximum absolute atomic E-state index is 12.3. The first-order chi connectivity index (χ1) is 9.81. The van der Waals surface area contributed by atoms with E-state index in [4.69, 9.17) is 0 Å². The molecule has 0 fully saturated rings. The zero-order valence-corrected chi connectivity index (χ0v) is 14.6. The molecule has 2 aromatic rings. The lowest BCUT2D eigenvalue weighted by atomic mass is 9.96. The Labute approximate surface area is 133 Å². The number of aromatic nitrogens is 3. The van der Waals surface area contributed by atoms with Crippen LogP contribution in [-0.2, 0) is 11.8 Å². The van der Waals surface area contributed by atoms with Gasteiger partial charge in [-0.1, -0.05) is 27.7 Å². The Morgan fingerprint density at radius 3 is 2.57 bits per heavy atom. The van der Waals surface area contributed by atoms with Crippen LogP contribution in [0.25, 0.3) is 0 Å². The molecule has 0 spiro atoms. The SMILES string of the molecule is CCCc1nc(C)c(C(=O)Nc2nc(C(C)(C)C)ns2)s1. The fourth-order valence-corrected chi connectivity index (χ4v) is 3.53. The largest absolute Gasteiger partial charge is 0.296 e. The molecule has 0 unspecified atom stereocenters. The van der Waals surface area contributed by atoms with Crippen molar-refractivity contribution < 1.29 is 4.79 Å². The van der Waals surface area contributed by atoms with Gasteiger partial charge in [-0.15, -0.1) is 11.3 Å². The van der Waals surface area contributed by atoms with E-state index in [1.165, 1.54) is 22.9 Å². The summed E-state index contributed by atoms with van der Waals surface area (Å²) >= 11 is 2.67. The number of carbonyl (C=O) groups excluding carboxylic acids is 1. The number of aryl methyl sites for hydroxylation is 2. The molecule has 7 heteroatoms. The van der Waals surface area contributed by atoms with Crippen molar-refractivity contribution in [3.63, 3.8) is 0 Å². The van der Waals surface area contributed by atoms with Crippen molar-refractivity contribution in [2.24, 2.45) is 0 Å². The van der Waals surface area contributed by atoms with Crippen LogP contribution in [0.5, 0.6) is 0 Å². The average molecular weight is 324 g/mol. The average Bonchev–Trinajstić information content (AvgIpc) is 2.96. The van der Waals surface area contributed by atoms with Gasteiger partial charge in [0.1, 0.15) is 10.7 Å². The van der Waals surface area contributed by atoms with Gasteiger partial charge in [-0.2, -0.15) is 4.37 Å². The Hall–Kier alpha value is -1.34. The molecule has 0 aromatic carbocycles. The summed E-state index contributed by atoms with van der Waals surface area (Å²) in [5, 5.41) is 4.37. The molecule has 0 bridgehead atoms. The van der Waals surface area contributed by atoms with Crippen molar-refractivity contribution in [2.45, 2.75) is 52.9 Å². The molecule has 2 rings (SSSR count). The van der Waals surface area contributed by atoms with Gasteiger partial charge in [-0.05, 0) is 19.8 Å². The van der Waals surface area contributed by atoms with E-state index < -0.39 is 0 Å². The van der Waals surface area contributed by atoms with E-state index >= 15 is 0 Å². The second-order valence-electron chi connectivity index (χ2n) is 5.90. The molecule has 2 heterocycles. The number of hydrogen-bond acceptors (Lipinski definition) is 6.